The van der Waals surface area contributed by atoms with Crippen molar-refractivity contribution in [1.82, 2.24) is 0 Å². The highest BCUT2D eigenvalue weighted by Crippen LogP contribution is 2.08. The zero-order valence-corrected chi connectivity index (χ0v) is 13.9. The monoisotopic (exact) mass is 292 g/mol. The summed E-state index contributed by atoms with van der Waals surface area (Å²) in [6.07, 6.45) is 24.1. The Balaban J connectivity index is 3.27. The van der Waals surface area contributed by atoms with Crippen LogP contribution < -0.4 is 0 Å². The number of hydrogen-bond acceptors (Lipinski definition) is 2. The molecule has 120 valence electrons. The number of carbonyl (C=O) groups is 1. The van der Waals surface area contributed by atoms with Crippen molar-refractivity contribution in [1.29, 1.82) is 0 Å². The first-order chi connectivity index (χ1) is 10.3. The molecular weight excluding hydrogens is 260 g/mol. The van der Waals surface area contributed by atoms with Gasteiger partial charge in [-0.25, -0.2) is 0 Å². The Morgan fingerprint density at radius 1 is 0.810 bits per heavy atom. The molecular formula is C19H32O2. The number of carbonyl (C=O) groups excluding carboxylic acids is 1. The van der Waals surface area contributed by atoms with Gasteiger partial charge < -0.3 is 4.74 Å². The standard InChI is InChI=1S/C19H32O2/c1-3-4-5-6-7-8-9-10-11-12-13-14-15-16-17-18-19(20)21-2/h4-5,8-11H,3,6-7,12-18H2,1-2H3/b5-4-,9-8+,11-10-. The summed E-state index contributed by atoms with van der Waals surface area (Å²) in [6.45, 7) is 2.16. The zero-order chi connectivity index (χ0) is 15.6. The van der Waals surface area contributed by atoms with Crippen molar-refractivity contribution in [2.24, 2.45) is 0 Å². The van der Waals surface area contributed by atoms with Crippen molar-refractivity contribution in [2.45, 2.75) is 71.1 Å². The minimum absolute atomic E-state index is 0.0881. The Labute approximate surface area is 131 Å². The molecule has 2 nitrogen and oxygen atoms in total. The van der Waals surface area contributed by atoms with Gasteiger partial charge in [0.15, 0.2) is 0 Å². The summed E-state index contributed by atoms with van der Waals surface area (Å²) in [7, 11) is 1.45. The van der Waals surface area contributed by atoms with E-state index >= 15 is 0 Å². The van der Waals surface area contributed by atoms with E-state index < -0.39 is 0 Å². The van der Waals surface area contributed by atoms with Crippen molar-refractivity contribution in [2.75, 3.05) is 7.11 Å². The number of ether oxygens (including phenoxy) is 1. The molecule has 0 unspecified atom stereocenters. The van der Waals surface area contributed by atoms with Crippen LogP contribution >= 0.6 is 0 Å². The molecule has 0 aromatic heterocycles. The lowest BCUT2D eigenvalue weighted by Gasteiger charge is -1.99. The van der Waals surface area contributed by atoms with E-state index in [1.54, 1.807) is 0 Å². The third kappa shape index (κ3) is 16.6. The molecule has 0 radical (unpaired) electrons. The van der Waals surface area contributed by atoms with Crippen LogP contribution in [0, 0.1) is 0 Å². The number of allylic oxidation sites excluding steroid dienone is 6. The SMILES string of the molecule is CC/C=C\CC/C=C/C=C\CCCCCCCC(=O)OC. The predicted octanol–water partition coefficient (Wildman–Crippen LogP) is 5.75. The van der Waals surface area contributed by atoms with Gasteiger partial charge in [-0.3, -0.25) is 4.79 Å². The molecule has 0 heterocycles. The number of methoxy groups -OCH3 is 1. The second-order valence-electron chi connectivity index (χ2n) is 5.20. The third-order valence-corrected chi connectivity index (χ3v) is 3.27. The highest BCUT2D eigenvalue weighted by Gasteiger charge is 1.98. The molecule has 0 bridgehead atoms. The molecule has 0 aromatic carbocycles. The van der Waals surface area contributed by atoms with Gasteiger partial charge in [0.2, 0.25) is 0 Å². The molecule has 2 heteroatoms. The average molecular weight is 292 g/mol. The van der Waals surface area contributed by atoms with Gasteiger partial charge in [-0.1, -0.05) is 62.6 Å². The largest absolute Gasteiger partial charge is 0.469 e. The van der Waals surface area contributed by atoms with Crippen LogP contribution in [0.5, 0.6) is 0 Å². The molecule has 0 spiro atoms. The van der Waals surface area contributed by atoms with E-state index in [0.29, 0.717) is 6.42 Å². The summed E-state index contributed by atoms with van der Waals surface area (Å²) in [5, 5.41) is 0. The summed E-state index contributed by atoms with van der Waals surface area (Å²) in [5.74, 6) is -0.0881. The van der Waals surface area contributed by atoms with Gasteiger partial charge in [0.25, 0.3) is 0 Å². The Bertz CT molecular complexity index is 314. The Kier molecular flexibility index (Phi) is 15.7. The van der Waals surface area contributed by atoms with Crippen molar-refractivity contribution in [3.63, 3.8) is 0 Å². The predicted molar refractivity (Wildman–Crippen MR) is 91.3 cm³/mol. The number of unbranched alkanes of at least 4 members (excludes halogenated alkanes) is 6. The second-order valence-corrected chi connectivity index (χ2v) is 5.20. The Morgan fingerprint density at radius 2 is 1.43 bits per heavy atom. The van der Waals surface area contributed by atoms with E-state index in [2.05, 4.69) is 48.1 Å². The maximum Gasteiger partial charge on any atom is 0.305 e. The normalized spacial score (nSPS) is 11.9. The van der Waals surface area contributed by atoms with E-state index in [1.165, 1.54) is 26.4 Å². The van der Waals surface area contributed by atoms with Crippen molar-refractivity contribution in [3.8, 4) is 0 Å². The smallest absolute Gasteiger partial charge is 0.305 e. The third-order valence-electron chi connectivity index (χ3n) is 3.27. The topological polar surface area (TPSA) is 26.3 Å². The summed E-state index contributed by atoms with van der Waals surface area (Å²) in [6, 6.07) is 0. The molecule has 0 amide bonds. The second kappa shape index (κ2) is 16.7. The van der Waals surface area contributed by atoms with Crippen LogP contribution in [0.3, 0.4) is 0 Å². The molecule has 0 saturated carbocycles. The van der Waals surface area contributed by atoms with Crippen LogP contribution in [0.15, 0.2) is 36.5 Å². The number of hydrogen-bond donors (Lipinski definition) is 0. The van der Waals surface area contributed by atoms with Gasteiger partial charge in [0, 0.05) is 6.42 Å². The van der Waals surface area contributed by atoms with E-state index in [0.717, 1.165) is 38.5 Å². The molecule has 0 atom stereocenters. The Morgan fingerprint density at radius 3 is 2.14 bits per heavy atom. The molecule has 0 aromatic rings. The number of rotatable bonds is 13. The van der Waals surface area contributed by atoms with E-state index in [-0.39, 0.29) is 5.97 Å². The van der Waals surface area contributed by atoms with Crippen LogP contribution in [-0.4, -0.2) is 13.1 Å². The van der Waals surface area contributed by atoms with E-state index in [1.807, 2.05) is 0 Å². The quantitative estimate of drug-likeness (QED) is 0.187. The van der Waals surface area contributed by atoms with E-state index in [4.69, 9.17) is 0 Å². The number of esters is 1. The van der Waals surface area contributed by atoms with Gasteiger partial charge in [-0.15, -0.1) is 0 Å². The van der Waals surface area contributed by atoms with Crippen LogP contribution in [0.4, 0.5) is 0 Å². The zero-order valence-electron chi connectivity index (χ0n) is 13.9. The summed E-state index contributed by atoms with van der Waals surface area (Å²) < 4.78 is 4.61. The fraction of sp³-hybridized carbons (Fsp3) is 0.632. The van der Waals surface area contributed by atoms with Gasteiger partial charge in [0.1, 0.15) is 0 Å². The molecule has 0 aliphatic carbocycles. The molecule has 21 heavy (non-hydrogen) atoms. The van der Waals surface area contributed by atoms with Crippen LogP contribution in [0.25, 0.3) is 0 Å². The molecule has 0 rings (SSSR count). The first-order valence-corrected chi connectivity index (χ1v) is 8.34. The van der Waals surface area contributed by atoms with Gasteiger partial charge in [-0.05, 0) is 38.5 Å². The lowest BCUT2D eigenvalue weighted by Crippen LogP contribution is -1.98. The summed E-state index contributed by atoms with van der Waals surface area (Å²) in [4.78, 5) is 10.9. The molecule has 0 aliphatic heterocycles. The maximum absolute atomic E-state index is 10.9. The van der Waals surface area contributed by atoms with Gasteiger partial charge >= 0.3 is 5.97 Å². The van der Waals surface area contributed by atoms with Gasteiger partial charge in [0.05, 0.1) is 7.11 Å². The summed E-state index contributed by atoms with van der Waals surface area (Å²) in [5.41, 5.74) is 0. The minimum Gasteiger partial charge on any atom is -0.469 e. The molecule has 0 N–H and O–H groups in total. The van der Waals surface area contributed by atoms with Crippen LogP contribution in [-0.2, 0) is 9.53 Å². The summed E-state index contributed by atoms with van der Waals surface area (Å²) >= 11 is 0. The molecule has 0 fully saturated rings. The average Bonchev–Trinajstić information content (AvgIpc) is 2.50. The lowest BCUT2D eigenvalue weighted by molar-refractivity contribution is -0.140. The lowest BCUT2D eigenvalue weighted by atomic mass is 10.1. The first kappa shape index (κ1) is 19.7. The van der Waals surface area contributed by atoms with Crippen LogP contribution in [0.2, 0.25) is 0 Å². The minimum atomic E-state index is -0.0881. The fourth-order valence-corrected chi connectivity index (χ4v) is 1.99. The maximum atomic E-state index is 10.9. The first-order valence-electron chi connectivity index (χ1n) is 8.34. The van der Waals surface area contributed by atoms with Gasteiger partial charge in [-0.2, -0.15) is 0 Å². The van der Waals surface area contributed by atoms with Crippen molar-refractivity contribution >= 4 is 5.97 Å². The molecule has 0 saturated heterocycles. The van der Waals surface area contributed by atoms with Crippen molar-refractivity contribution < 1.29 is 9.53 Å². The van der Waals surface area contributed by atoms with Crippen molar-refractivity contribution in [3.05, 3.63) is 36.5 Å². The van der Waals surface area contributed by atoms with Crippen LogP contribution in [0.1, 0.15) is 71.1 Å². The highest BCUT2D eigenvalue weighted by molar-refractivity contribution is 5.68. The highest BCUT2D eigenvalue weighted by atomic mass is 16.5. The van der Waals surface area contributed by atoms with E-state index in [9.17, 15) is 4.79 Å². The fourth-order valence-electron chi connectivity index (χ4n) is 1.99. The Hall–Kier alpha value is -1.31. The molecule has 0 aliphatic rings.